The van der Waals surface area contributed by atoms with Crippen molar-refractivity contribution in [3.05, 3.63) is 21.9 Å². The molecule has 1 rings (SSSR count). The minimum atomic E-state index is -1.24. The highest BCUT2D eigenvalue weighted by Gasteiger charge is 2.36. The summed E-state index contributed by atoms with van der Waals surface area (Å²) in [5.74, 6) is -1.34. The van der Waals surface area contributed by atoms with Crippen LogP contribution < -0.4 is 0 Å². The molecule has 0 atom stereocenters. The molecule has 0 fully saturated rings. The number of carbonyl (C=O) groups excluding carboxylic acids is 1. The molecule has 1 aromatic rings. The molecule has 6 heteroatoms. The Bertz CT molecular complexity index is 453. The third-order valence-corrected chi connectivity index (χ3v) is 3.85. The Kier molecular flexibility index (Phi) is 4.48. The van der Waals surface area contributed by atoms with Crippen molar-refractivity contribution in [1.82, 2.24) is 4.90 Å². The van der Waals surface area contributed by atoms with E-state index in [0.717, 1.165) is 5.56 Å². The molecule has 0 spiro atoms. The summed E-state index contributed by atoms with van der Waals surface area (Å²) in [4.78, 5) is 25.2. The second-order valence-electron chi connectivity index (χ2n) is 4.44. The van der Waals surface area contributed by atoms with Crippen LogP contribution in [0.1, 0.15) is 29.1 Å². The fraction of sp³-hybridized carbons (Fsp3) is 0.500. The van der Waals surface area contributed by atoms with Crippen LogP contribution in [0, 0.1) is 0 Å². The number of hydrogen-bond acceptors (Lipinski definition) is 4. The van der Waals surface area contributed by atoms with E-state index in [0.29, 0.717) is 11.5 Å². The third kappa shape index (κ3) is 2.70. The molecule has 1 N–H and O–H groups in total. The SMILES string of the molecule is COCc1ccsc1C(=O)N(C)C(C)(C)C(=O)O. The van der Waals surface area contributed by atoms with Gasteiger partial charge in [-0.1, -0.05) is 0 Å². The van der Waals surface area contributed by atoms with Gasteiger partial charge >= 0.3 is 5.97 Å². The summed E-state index contributed by atoms with van der Waals surface area (Å²) in [7, 11) is 3.05. The number of carboxylic acid groups (broad SMARTS) is 1. The lowest BCUT2D eigenvalue weighted by molar-refractivity contribution is -0.147. The maximum absolute atomic E-state index is 12.3. The average Bonchev–Trinajstić information content (AvgIpc) is 2.75. The van der Waals surface area contributed by atoms with Crippen molar-refractivity contribution < 1.29 is 19.4 Å². The van der Waals surface area contributed by atoms with E-state index in [1.54, 1.807) is 12.5 Å². The maximum Gasteiger partial charge on any atom is 0.329 e. The smallest absolute Gasteiger partial charge is 0.329 e. The number of carbonyl (C=O) groups is 2. The first kappa shape index (κ1) is 14.7. The maximum atomic E-state index is 12.3. The topological polar surface area (TPSA) is 66.8 Å². The molecule has 0 saturated carbocycles. The van der Waals surface area contributed by atoms with Gasteiger partial charge < -0.3 is 14.7 Å². The van der Waals surface area contributed by atoms with Gasteiger partial charge in [-0.05, 0) is 25.3 Å². The van der Waals surface area contributed by atoms with Crippen molar-refractivity contribution in [2.45, 2.75) is 26.0 Å². The standard InChI is InChI=1S/C12H17NO4S/c1-12(2,11(15)16)13(3)10(14)9-8(7-17-4)5-6-18-9/h5-6H,7H2,1-4H3,(H,15,16). The normalized spacial score (nSPS) is 11.3. The highest BCUT2D eigenvalue weighted by molar-refractivity contribution is 7.12. The number of ether oxygens (including phenoxy) is 1. The van der Waals surface area contributed by atoms with Gasteiger partial charge in [-0.15, -0.1) is 11.3 Å². The fourth-order valence-corrected chi connectivity index (χ4v) is 2.23. The van der Waals surface area contributed by atoms with Crippen LogP contribution in [0.3, 0.4) is 0 Å². The number of rotatable bonds is 5. The summed E-state index contributed by atoms with van der Waals surface area (Å²) in [6.45, 7) is 3.33. The zero-order valence-corrected chi connectivity index (χ0v) is 11.7. The minimum absolute atomic E-state index is 0.301. The molecule has 1 amide bonds. The van der Waals surface area contributed by atoms with Gasteiger partial charge in [0.15, 0.2) is 0 Å². The molecule has 0 saturated heterocycles. The predicted octanol–water partition coefficient (Wildman–Crippen LogP) is 1.83. The zero-order valence-electron chi connectivity index (χ0n) is 10.9. The molecule has 18 heavy (non-hydrogen) atoms. The Balaban J connectivity index is 3.00. The van der Waals surface area contributed by atoms with Gasteiger partial charge in [0.2, 0.25) is 0 Å². The molecule has 1 aromatic heterocycles. The molecule has 1 heterocycles. The first-order chi connectivity index (χ1) is 8.32. The molecule has 0 aromatic carbocycles. The van der Waals surface area contributed by atoms with Crippen LogP contribution in [-0.4, -0.2) is 41.6 Å². The number of nitrogens with zero attached hydrogens (tertiary/aromatic N) is 1. The highest BCUT2D eigenvalue weighted by atomic mass is 32.1. The summed E-state index contributed by atoms with van der Waals surface area (Å²) in [5, 5.41) is 10.9. The first-order valence-corrected chi connectivity index (χ1v) is 6.27. The molecular weight excluding hydrogens is 254 g/mol. The van der Waals surface area contributed by atoms with E-state index in [4.69, 9.17) is 9.84 Å². The highest BCUT2D eigenvalue weighted by Crippen LogP contribution is 2.23. The number of likely N-dealkylation sites (N-methyl/N-ethyl adjacent to an activating group) is 1. The second-order valence-corrected chi connectivity index (χ2v) is 5.35. The number of aliphatic carboxylic acids is 1. The quantitative estimate of drug-likeness (QED) is 0.887. The summed E-state index contributed by atoms with van der Waals surface area (Å²) in [6, 6.07) is 1.81. The molecule has 0 radical (unpaired) electrons. The fourth-order valence-electron chi connectivity index (χ4n) is 1.34. The van der Waals surface area contributed by atoms with Crippen molar-refractivity contribution in [1.29, 1.82) is 0 Å². The molecular formula is C12H17NO4S. The van der Waals surface area contributed by atoms with E-state index in [2.05, 4.69) is 0 Å². The van der Waals surface area contributed by atoms with E-state index in [1.165, 1.54) is 37.1 Å². The molecule has 0 aliphatic rings. The van der Waals surface area contributed by atoms with Crippen LogP contribution in [0.4, 0.5) is 0 Å². The van der Waals surface area contributed by atoms with Gasteiger partial charge in [-0.3, -0.25) is 4.79 Å². The molecule has 0 bridgehead atoms. The first-order valence-electron chi connectivity index (χ1n) is 5.39. The van der Waals surface area contributed by atoms with Gasteiger partial charge in [0.05, 0.1) is 11.5 Å². The van der Waals surface area contributed by atoms with Crippen molar-refractivity contribution in [3.8, 4) is 0 Å². The predicted molar refractivity (Wildman–Crippen MR) is 68.8 cm³/mol. The van der Waals surface area contributed by atoms with Gasteiger partial charge in [-0.25, -0.2) is 4.79 Å². The number of hydrogen-bond donors (Lipinski definition) is 1. The van der Waals surface area contributed by atoms with Crippen LogP contribution in [0.25, 0.3) is 0 Å². The van der Waals surface area contributed by atoms with E-state index in [9.17, 15) is 9.59 Å². The van der Waals surface area contributed by atoms with Gasteiger partial charge in [0.25, 0.3) is 5.91 Å². The minimum Gasteiger partial charge on any atom is -0.480 e. The Labute approximate surface area is 110 Å². The largest absolute Gasteiger partial charge is 0.480 e. The monoisotopic (exact) mass is 271 g/mol. The van der Waals surface area contributed by atoms with E-state index in [-0.39, 0.29) is 5.91 Å². The lowest BCUT2D eigenvalue weighted by atomic mass is 10.0. The lowest BCUT2D eigenvalue weighted by Gasteiger charge is -2.31. The van der Waals surface area contributed by atoms with Crippen molar-refractivity contribution in [2.24, 2.45) is 0 Å². The van der Waals surface area contributed by atoms with Crippen LogP contribution in [0.5, 0.6) is 0 Å². The van der Waals surface area contributed by atoms with E-state index in [1.807, 2.05) is 6.07 Å². The molecule has 5 nitrogen and oxygen atoms in total. The molecule has 0 aliphatic carbocycles. The number of thiophene rings is 1. The molecule has 0 unspecified atom stereocenters. The van der Waals surface area contributed by atoms with E-state index >= 15 is 0 Å². The Morgan fingerprint density at radius 2 is 2.11 bits per heavy atom. The molecule has 0 aliphatic heterocycles. The summed E-state index contributed by atoms with van der Waals surface area (Å²) >= 11 is 1.29. The zero-order chi connectivity index (χ0) is 13.9. The van der Waals surface area contributed by atoms with Crippen LogP contribution >= 0.6 is 11.3 Å². The van der Waals surface area contributed by atoms with Gasteiger partial charge in [0, 0.05) is 19.7 Å². The Morgan fingerprint density at radius 1 is 1.50 bits per heavy atom. The Morgan fingerprint density at radius 3 is 2.61 bits per heavy atom. The summed E-state index contributed by atoms with van der Waals surface area (Å²) in [6.07, 6.45) is 0. The third-order valence-electron chi connectivity index (χ3n) is 2.91. The van der Waals surface area contributed by atoms with Gasteiger partial charge in [-0.2, -0.15) is 0 Å². The van der Waals surface area contributed by atoms with Crippen LogP contribution in [0.15, 0.2) is 11.4 Å². The van der Waals surface area contributed by atoms with Crippen LogP contribution in [0.2, 0.25) is 0 Å². The summed E-state index contributed by atoms with van der Waals surface area (Å²) < 4.78 is 5.01. The van der Waals surface area contributed by atoms with Crippen molar-refractivity contribution >= 4 is 23.2 Å². The van der Waals surface area contributed by atoms with Crippen molar-refractivity contribution in [3.63, 3.8) is 0 Å². The second kappa shape index (κ2) is 5.49. The number of carboxylic acids is 1. The van der Waals surface area contributed by atoms with Crippen molar-refractivity contribution in [2.75, 3.05) is 14.2 Å². The van der Waals surface area contributed by atoms with Gasteiger partial charge in [0.1, 0.15) is 5.54 Å². The van der Waals surface area contributed by atoms with E-state index < -0.39 is 11.5 Å². The van der Waals surface area contributed by atoms with Crippen LogP contribution in [-0.2, 0) is 16.1 Å². The molecule has 100 valence electrons. The number of methoxy groups -OCH3 is 1. The lowest BCUT2D eigenvalue weighted by Crippen LogP contribution is -2.50. The number of amides is 1. The summed E-state index contributed by atoms with van der Waals surface area (Å²) in [5.41, 5.74) is -0.466. The Hall–Kier alpha value is -1.40. The average molecular weight is 271 g/mol.